The van der Waals surface area contributed by atoms with Gasteiger partial charge in [0.05, 0.1) is 19.3 Å². The summed E-state index contributed by atoms with van der Waals surface area (Å²) in [4.78, 5) is 25.5. The van der Waals surface area contributed by atoms with E-state index in [-0.39, 0.29) is 11.8 Å². The Morgan fingerprint density at radius 2 is 2.00 bits per heavy atom. The number of nitrogens with one attached hydrogen (secondary N) is 1. The molecule has 1 saturated carbocycles. The Balaban J connectivity index is 1.87. The zero-order chi connectivity index (χ0) is 13.2. The molecule has 6 nitrogen and oxygen atoms in total. The molecule has 2 aliphatic rings. The van der Waals surface area contributed by atoms with Gasteiger partial charge in [0.2, 0.25) is 11.8 Å². The molecule has 1 unspecified atom stereocenters. The predicted molar refractivity (Wildman–Crippen MR) is 62.3 cm³/mol. The summed E-state index contributed by atoms with van der Waals surface area (Å²) in [6, 6.07) is 1.44. The molecule has 0 radical (unpaired) electrons. The monoisotopic (exact) mass is 251 g/mol. The molecule has 0 aromatic carbocycles. The number of nitrogens with zero attached hydrogens (tertiary/aromatic N) is 2. The van der Waals surface area contributed by atoms with E-state index in [9.17, 15) is 9.59 Å². The van der Waals surface area contributed by atoms with Gasteiger partial charge in [0, 0.05) is 13.1 Å². The molecule has 98 valence electrons. The average Bonchev–Trinajstić information content (AvgIpc) is 3.19. The minimum Gasteiger partial charge on any atom is -0.378 e. The zero-order valence-corrected chi connectivity index (χ0v) is 10.4. The Bertz CT molecular complexity index is 392. The van der Waals surface area contributed by atoms with E-state index in [0.717, 1.165) is 0 Å². The Morgan fingerprint density at radius 1 is 1.39 bits per heavy atom. The van der Waals surface area contributed by atoms with Gasteiger partial charge in [0.25, 0.3) is 0 Å². The fourth-order valence-corrected chi connectivity index (χ4v) is 1.97. The first-order valence-corrected chi connectivity index (χ1v) is 6.18. The molecule has 18 heavy (non-hydrogen) atoms. The van der Waals surface area contributed by atoms with Crippen LogP contribution < -0.4 is 5.32 Å². The summed E-state index contributed by atoms with van der Waals surface area (Å²) >= 11 is 0. The largest absolute Gasteiger partial charge is 0.378 e. The van der Waals surface area contributed by atoms with Gasteiger partial charge >= 0.3 is 0 Å². The summed E-state index contributed by atoms with van der Waals surface area (Å²) in [7, 11) is 0. The molecule has 1 atom stereocenters. The van der Waals surface area contributed by atoms with E-state index >= 15 is 0 Å². The first-order valence-electron chi connectivity index (χ1n) is 6.18. The number of ether oxygens (including phenoxy) is 1. The Kier molecular flexibility index (Phi) is 3.53. The van der Waals surface area contributed by atoms with Crippen LogP contribution in [0.2, 0.25) is 0 Å². The van der Waals surface area contributed by atoms with Gasteiger partial charge < -0.3 is 15.0 Å². The van der Waals surface area contributed by atoms with Gasteiger partial charge in [0.15, 0.2) is 0 Å². The highest BCUT2D eigenvalue weighted by Crippen LogP contribution is 2.45. The standard InChI is InChI=1S/C12H17N3O3/c1-9(10(16)15-4-6-18-7-5-15)14-11(17)12(8-13)2-3-12/h9H,2-7H2,1H3,(H,14,17). The minimum absolute atomic E-state index is 0.111. The SMILES string of the molecule is CC(NC(=O)C1(C#N)CC1)C(=O)N1CCOCC1. The molecule has 1 saturated heterocycles. The van der Waals surface area contributed by atoms with Crippen LogP contribution in [-0.2, 0) is 14.3 Å². The lowest BCUT2D eigenvalue weighted by Gasteiger charge is -2.29. The zero-order valence-electron chi connectivity index (χ0n) is 10.4. The van der Waals surface area contributed by atoms with Gasteiger partial charge in [-0.3, -0.25) is 9.59 Å². The normalized spacial score (nSPS) is 22.8. The van der Waals surface area contributed by atoms with Gasteiger partial charge in [-0.15, -0.1) is 0 Å². The van der Waals surface area contributed by atoms with Gasteiger partial charge in [-0.1, -0.05) is 0 Å². The number of rotatable bonds is 3. The Labute approximate surface area is 106 Å². The minimum atomic E-state index is -0.875. The van der Waals surface area contributed by atoms with E-state index in [0.29, 0.717) is 39.1 Å². The molecule has 0 spiro atoms. The third-order valence-corrected chi connectivity index (χ3v) is 3.44. The van der Waals surface area contributed by atoms with E-state index in [1.165, 1.54) is 0 Å². The quantitative estimate of drug-likeness (QED) is 0.743. The van der Waals surface area contributed by atoms with Crippen molar-refractivity contribution < 1.29 is 14.3 Å². The van der Waals surface area contributed by atoms with Crippen molar-refractivity contribution in [2.24, 2.45) is 5.41 Å². The Morgan fingerprint density at radius 3 is 2.50 bits per heavy atom. The molecule has 1 aliphatic heterocycles. The van der Waals surface area contributed by atoms with Crippen molar-refractivity contribution in [1.29, 1.82) is 5.26 Å². The number of amides is 2. The van der Waals surface area contributed by atoms with E-state index < -0.39 is 11.5 Å². The summed E-state index contributed by atoms with van der Waals surface area (Å²) in [5.41, 5.74) is -0.875. The number of hydrogen-bond acceptors (Lipinski definition) is 4. The number of carbonyl (C=O) groups excluding carboxylic acids is 2. The highest BCUT2D eigenvalue weighted by atomic mass is 16.5. The van der Waals surface area contributed by atoms with Gasteiger partial charge in [-0.05, 0) is 19.8 Å². The molecule has 2 amide bonds. The second kappa shape index (κ2) is 4.94. The van der Waals surface area contributed by atoms with E-state index in [1.54, 1.807) is 11.8 Å². The molecule has 0 aromatic heterocycles. The maximum Gasteiger partial charge on any atom is 0.245 e. The number of nitriles is 1. The topological polar surface area (TPSA) is 82.4 Å². The van der Waals surface area contributed by atoms with Crippen molar-refractivity contribution in [3.63, 3.8) is 0 Å². The van der Waals surface area contributed by atoms with Crippen LogP contribution in [0.25, 0.3) is 0 Å². The fraction of sp³-hybridized carbons (Fsp3) is 0.750. The highest BCUT2D eigenvalue weighted by molar-refractivity contribution is 5.93. The molecule has 1 N–H and O–H groups in total. The van der Waals surface area contributed by atoms with Crippen LogP contribution in [0.5, 0.6) is 0 Å². The average molecular weight is 251 g/mol. The Hall–Kier alpha value is -1.61. The molecular weight excluding hydrogens is 234 g/mol. The number of hydrogen-bond donors (Lipinski definition) is 1. The maximum atomic E-state index is 12.0. The van der Waals surface area contributed by atoms with E-state index in [4.69, 9.17) is 10.00 Å². The number of morpholine rings is 1. The molecule has 2 fully saturated rings. The third-order valence-electron chi connectivity index (χ3n) is 3.44. The van der Waals surface area contributed by atoms with Gasteiger partial charge in [-0.2, -0.15) is 5.26 Å². The fourth-order valence-electron chi connectivity index (χ4n) is 1.97. The van der Waals surface area contributed by atoms with Crippen molar-refractivity contribution in [3.05, 3.63) is 0 Å². The van der Waals surface area contributed by atoms with Crippen LogP contribution in [0.15, 0.2) is 0 Å². The van der Waals surface area contributed by atoms with E-state index in [2.05, 4.69) is 5.32 Å². The second-order valence-corrected chi connectivity index (χ2v) is 4.83. The van der Waals surface area contributed by atoms with Gasteiger partial charge in [0.1, 0.15) is 11.5 Å². The molecule has 0 bridgehead atoms. The first-order chi connectivity index (χ1) is 8.59. The predicted octanol–water partition coefficient (Wildman–Crippen LogP) is -0.346. The maximum absolute atomic E-state index is 12.0. The van der Waals surface area contributed by atoms with Crippen LogP contribution in [0.1, 0.15) is 19.8 Å². The van der Waals surface area contributed by atoms with Crippen LogP contribution in [0, 0.1) is 16.7 Å². The lowest BCUT2D eigenvalue weighted by Crippen LogP contribution is -2.51. The van der Waals surface area contributed by atoms with Crippen molar-refractivity contribution in [1.82, 2.24) is 10.2 Å². The third kappa shape index (κ3) is 2.46. The number of carbonyl (C=O) groups is 2. The van der Waals surface area contributed by atoms with Crippen molar-refractivity contribution >= 4 is 11.8 Å². The molecule has 0 aromatic rings. The van der Waals surface area contributed by atoms with Crippen LogP contribution >= 0.6 is 0 Å². The van der Waals surface area contributed by atoms with E-state index in [1.807, 2.05) is 6.07 Å². The van der Waals surface area contributed by atoms with Crippen molar-refractivity contribution in [3.8, 4) is 6.07 Å². The molecule has 1 aliphatic carbocycles. The molecular formula is C12H17N3O3. The summed E-state index contributed by atoms with van der Waals surface area (Å²) in [5, 5.41) is 11.5. The van der Waals surface area contributed by atoms with Crippen molar-refractivity contribution in [2.75, 3.05) is 26.3 Å². The van der Waals surface area contributed by atoms with Crippen molar-refractivity contribution in [2.45, 2.75) is 25.8 Å². The smallest absolute Gasteiger partial charge is 0.245 e. The second-order valence-electron chi connectivity index (χ2n) is 4.83. The lowest BCUT2D eigenvalue weighted by atomic mass is 10.1. The first kappa shape index (κ1) is 12.8. The summed E-state index contributed by atoms with van der Waals surface area (Å²) < 4.78 is 5.17. The lowest BCUT2D eigenvalue weighted by molar-refractivity contribution is -0.140. The molecule has 2 rings (SSSR count). The van der Waals surface area contributed by atoms with Crippen LogP contribution in [0.4, 0.5) is 0 Å². The summed E-state index contributed by atoms with van der Waals surface area (Å²) in [6.45, 7) is 3.84. The van der Waals surface area contributed by atoms with Crippen LogP contribution in [-0.4, -0.2) is 49.1 Å². The highest BCUT2D eigenvalue weighted by Gasteiger charge is 2.51. The molecule has 1 heterocycles. The summed E-state index contributed by atoms with van der Waals surface area (Å²) in [5.74, 6) is -0.431. The van der Waals surface area contributed by atoms with Crippen LogP contribution in [0.3, 0.4) is 0 Å². The van der Waals surface area contributed by atoms with Gasteiger partial charge in [-0.25, -0.2) is 0 Å². The summed E-state index contributed by atoms with van der Waals surface area (Å²) in [6.07, 6.45) is 1.18. The molecule has 6 heteroatoms.